The molecule has 2 aliphatic heterocycles. The molecule has 1 atom stereocenters. The van der Waals surface area contributed by atoms with Crippen LogP contribution in [0.1, 0.15) is 94.7 Å². The zero-order chi connectivity index (χ0) is 38.6. The smallest absolute Gasteiger partial charge is 0.262 e. The molecular weight excluding hydrogens is 700 g/mol. The first-order valence-corrected chi connectivity index (χ1v) is 19.1. The van der Waals surface area contributed by atoms with E-state index in [4.69, 9.17) is 4.52 Å². The highest BCUT2D eigenvalue weighted by Gasteiger charge is 2.46. The van der Waals surface area contributed by atoms with Crippen molar-refractivity contribution in [1.82, 2.24) is 15.4 Å². The summed E-state index contributed by atoms with van der Waals surface area (Å²) in [7, 11) is 0. The molecule has 4 aliphatic rings. The summed E-state index contributed by atoms with van der Waals surface area (Å²) in [5.41, 5.74) is 7.01. The van der Waals surface area contributed by atoms with Crippen LogP contribution in [0.25, 0.3) is 11.1 Å². The minimum atomic E-state index is -1.11. The van der Waals surface area contributed by atoms with E-state index in [9.17, 15) is 24.4 Å². The molecule has 0 spiro atoms. The summed E-state index contributed by atoms with van der Waals surface area (Å²) in [6.07, 6.45) is 5.64. The van der Waals surface area contributed by atoms with Gasteiger partial charge in [0.1, 0.15) is 17.6 Å². The number of amides is 4. The van der Waals surface area contributed by atoms with Crippen LogP contribution in [0.2, 0.25) is 0 Å². The summed E-state index contributed by atoms with van der Waals surface area (Å²) in [5, 5.41) is 19.4. The fourth-order valence-electron chi connectivity index (χ4n) is 8.60. The maximum absolute atomic E-state index is 15.3. The standard InChI is InChI=1S/C43H43FN6O5/c1-24-4-9-29(39-25(2)48-55-26(39)3)18-37(24)49(31-12-10-30(11-13-31)43(23-45)16-17-43)22-28-7-5-27(6-8-28)21-46-35-20-33-32(19-34(35)44)41(53)50(42(33)54)36-14-15-38(51)47-40(36)52/h4,9-13,18-20,27-28,36,46H,5-8,14-17,21-22H2,1-3H3,(H,47,51,52)/t27-,28-,36?. The summed E-state index contributed by atoms with van der Waals surface area (Å²) in [4.78, 5) is 53.7. The number of benzene rings is 3. The molecule has 3 heterocycles. The number of rotatable bonds is 10. The van der Waals surface area contributed by atoms with E-state index in [1.165, 1.54) is 6.07 Å². The van der Waals surface area contributed by atoms with Crippen molar-refractivity contribution in [3.8, 4) is 17.2 Å². The van der Waals surface area contributed by atoms with Gasteiger partial charge in [-0.1, -0.05) is 29.4 Å². The van der Waals surface area contributed by atoms with Gasteiger partial charge in [0.2, 0.25) is 11.8 Å². The van der Waals surface area contributed by atoms with Gasteiger partial charge < -0.3 is 14.7 Å². The number of aromatic nitrogens is 1. The van der Waals surface area contributed by atoms with Gasteiger partial charge in [0.15, 0.2) is 0 Å². The summed E-state index contributed by atoms with van der Waals surface area (Å²) in [6.45, 7) is 7.31. The van der Waals surface area contributed by atoms with E-state index in [1.54, 1.807) is 0 Å². The lowest BCUT2D eigenvalue weighted by Crippen LogP contribution is -2.54. The van der Waals surface area contributed by atoms with Gasteiger partial charge in [-0.05, 0) is 125 Å². The number of hydrogen-bond acceptors (Lipinski definition) is 9. The van der Waals surface area contributed by atoms with Crippen molar-refractivity contribution in [2.75, 3.05) is 23.3 Å². The van der Waals surface area contributed by atoms with E-state index in [1.807, 2.05) is 13.8 Å². The topological polar surface area (TPSA) is 149 Å². The van der Waals surface area contributed by atoms with Gasteiger partial charge in [0.05, 0.1) is 34.0 Å². The van der Waals surface area contributed by atoms with Crippen molar-refractivity contribution in [2.24, 2.45) is 11.8 Å². The number of carbonyl (C=O) groups is 4. The fourth-order valence-corrected chi connectivity index (χ4v) is 8.60. The van der Waals surface area contributed by atoms with Crippen molar-refractivity contribution >= 4 is 40.7 Å². The Morgan fingerprint density at radius 3 is 2.27 bits per heavy atom. The minimum absolute atomic E-state index is 0.0124. The lowest BCUT2D eigenvalue weighted by atomic mass is 9.81. The molecule has 12 heteroatoms. The number of aryl methyl sites for hydroxylation is 3. The zero-order valence-corrected chi connectivity index (χ0v) is 31.2. The average Bonchev–Trinajstić information content (AvgIpc) is 3.86. The van der Waals surface area contributed by atoms with Gasteiger partial charge >= 0.3 is 0 Å². The first-order valence-electron chi connectivity index (χ1n) is 19.1. The van der Waals surface area contributed by atoms with Crippen LogP contribution >= 0.6 is 0 Å². The Balaban J connectivity index is 0.959. The predicted octanol–water partition coefficient (Wildman–Crippen LogP) is 7.42. The van der Waals surface area contributed by atoms with Crippen LogP contribution in [0.15, 0.2) is 59.1 Å². The second-order valence-electron chi connectivity index (χ2n) is 15.6. The van der Waals surface area contributed by atoms with Crippen molar-refractivity contribution in [2.45, 2.75) is 83.6 Å². The number of fused-ring (bicyclic) bond motifs is 1. The van der Waals surface area contributed by atoms with Gasteiger partial charge in [0, 0.05) is 36.4 Å². The Labute approximate surface area is 318 Å². The molecule has 282 valence electrons. The van der Waals surface area contributed by atoms with Gasteiger partial charge in [-0.15, -0.1) is 0 Å². The molecule has 4 aromatic rings. The normalized spacial score (nSPS) is 21.6. The Morgan fingerprint density at radius 2 is 1.64 bits per heavy atom. The molecule has 11 nitrogen and oxygen atoms in total. The average molecular weight is 743 g/mol. The number of anilines is 3. The lowest BCUT2D eigenvalue weighted by Gasteiger charge is -2.35. The lowest BCUT2D eigenvalue weighted by molar-refractivity contribution is -0.136. The highest BCUT2D eigenvalue weighted by atomic mass is 19.1. The Bertz CT molecular complexity index is 2240. The second-order valence-corrected chi connectivity index (χ2v) is 15.6. The van der Waals surface area contributed by atoms with Gasteiger partial charge in [-0.25, -0.2) is 4.39 Å². The van der Waals surface area contributed by atoms with Crippen LogP contribution in [0.3, 0.4) is 0 Å². The van der Waals surface area contributed by atoms with E-state index in [0.29, 0.717) is 12.5 Å². The molecule has 8 rings (SSSR count). The van der Waals surface area contributed by atoms with E-state index in [0.717, 1.165) is 101 Å². The van der Waals surface area contributed by atoms with E-state index in [-0.39, 0.29) is 41.0 Å². The Hall–Kier alpha value is -5.83. The molecule has 0 radical (unpaired) electrons. The first-order chi connectivity index (χ1) is 26.5. The summed E-state index contributed by atoms with van der Waals surface area (Å²) in [5.74, 6) is -1.75. The quantitative estimate of drug-likeness (QED) is 0.158. The van der Waals surface area contributed by atoms with Crippen molar-refractivity contribution in [3.05, 3.63) is 94.1 Å². The van der Waals surface area contributed by atoms with Crippen LogP contribution in [0.4, 0.5) is 21.5 Å². The van der Waals surface area contributed by atoms with Gasteiger partial charge in [-0.2, -0.15) is 5.26 Å². The molecule has 3 aromatic carbocycles. The fraction of sp³-hybridized carbons (Fsp3) is 0.395. The van der Waals surface area contributed by atoms with E-state index < -0.39 is 35.5 Å². The minimum Gasteiger partial charge on any atom is -0.382 e. The number of nitrogens with one attached hydrogen (secondary N) is 2. The summed E-state index contributed by atoms with van der Waals surface area (Å²) in [6, 6.07) is 18.8. The third kappa shape index (κ3) is 6.66. The number of carbonyl (C=O) groups excluding carboxylic acids is 4. The van der Waals surface area contributed by atoms with Gasteiger partial charge in [0.25, 0.3) is 11.8 Å². The van der Waals surface area contributed by atoms with Crippen LogP contribution in [-0.2, 0) is 15.0 Å². The van der Waals surface area contributed by atoms with E-state index in [2.05, 4.69) is 76.1 Å². The molecule has 4 amide bonds. The number of imide groups is 2. The number of nitriles is 1. The first kappa shape index (κ1) is 36.2. The molecule has 2 saturated carbocycles. The molecule has 55 heavy (non-hydrogen) atoms. The highest BCUT2D eigenvalue weighted by molar-refractivity contribution is 6.23. The molecule has 0 bridgehead atoms. The summed E-state index contributed by atoms with van der Waals surface area (Å²) < 4.78 is 20.8. The zero-order valence-electron chi connectivity index (χ0n) is 31.2. The van der Waals surface area contributed by atoms with Crippen molar-refractivity contribution in [3.63, 3.8) is 0 Å². The number of halogens is 1. The molecule has 2 N–H and O–H groups in total. The van der Waals surface area contributed by atoms with Crippen LogP contribution in [0.5, 0.6) is 0 Å². The van der Waals surface area contributed by atoms with Crippen LogP contribution in [0, 0.1) is 49.8 Å². The molecular formula is C43H43FN6O5. The number of hydrogen-bond donors (Lipinski definition) is 2. The number of piperidine rings is 1. The molecule has 3 fully saturated rings. The molecule has 1 unspecified atom stereocenters. The maximum atomic E-state index is 15.3. The largest absolute Gasteiger partial charge is 0.382 e. The second kappa shape index (κ2) is 14.1. The Kier molecular flexibility index (Phi) is 9.27. The highest BCUT2D eigenvalue weighted by Crippen LogP contribution is 2.48. The van der Waals surface area contributed by atoms with Crippen molar-refractivity contribution in [1.29, 1.82) is 5.26 Å². The third-order valence-corrected chi connectivity index (χ3v) is 12.0. The van der Waals surface area contributed by atoms with E-state index >= 15 is 4.39 Å². The van der Waals surface area contributed by atoms with Gasteiger partial charge in [-0.3, -0.25) is 29.4 Å². The predicted molar refractivity (Wildman–Crippen MR) is 203 cm³/mol. The van der Waals surface area contributed by atoms with Crippen molar-refractivity contribution < 1.29 is 28.1 Å². The van der Waals surface area contributed by atoms with Crippen LogP contribution in [-0.4, -0.2) is 52.8 Å². The number of nitrogens with zero attached hydrogens (tertiary/aromatic N) is 4. The summed E-state index contributed by atoms with van der Waals surface area (Å²) >= 11 is 0. The molecule has 2 aliphatic carbocycles. The third-order valence-electron chi connectivity index (χ3n) is 12.0. The maximum Gasteiger partial charge on any atom is 0.262 e. The SMILES string of the molecule is Cc1ccc(-c2c(C)noc2C)cc1N(C[C@H]1CC[C@H](CNc2cc3c(cc2F)C(=O)N(C2CCC(=O)NC2=O)C3=O)CC1)c1ccc(C2(C#N)CC2)cc1. The Morgan fingerprint density at radius 1 is 0.945 bits per heavy atom. The monoisotopic (exact) mass is 742 g/mol. The molecule has 1 aromatic heterocycles. The van der Waals surface area contributed by atoms with Crippen LogP contribution < -0.4 is 15.5 Å². The molecule has 1 saturated heterocycles.